The predicted octanol–water partition coefficient (Wildman–Crippen LogP) is 6.66. The summed E-state index contributed by atoms with van der Waals surface area (Å²) in [6.07, 6.45) is 8.81. The molecule has 4 heterocycles. The Morgan fingerprint density at radius 3 is 2.72 bits per heavy atom. The summed E-state index contributed by atoms with van der Waals surface area (Å²) in [4.78, 5) is 23.8. The van der Waals surface area contributed by atoms with Crippen molar-refractivity contribution in [3.8, 4) is 22.8 Å². The molecule has 2 N–H and O–H groups in total. The van der Waals surface area contributed by atoms with E-state index in [1.54, 1.807) is 35.3 Å². The number of aryl methyl sites for hydroxylation is 1. The molecule has 1 aliphatic heterocycles. The molecule has 39 heavy (non-hydrogen) atoms. The van der Waals surface area contributed by atoms with E-state index in [1.165, 1.54) is 48.4 Å². The van der Waals surface area contributed by atoms with E-state index < -0.39 is 11.8 Å². The van der Waals surface area contributed by atoms with Gasteiger partial charge in [-0.2, -0.15) is 5.10 Å². The number of carbonyl (C=O) groups is 1. The second kappa shape index (κ2) is 10.7. The third-order valence-corrected chi connectivity index (χ3v) is 7.40. The van der Waals surface area contributed by atoms with Crippen LogP contribution in [0.25, 0.3) is 21.5 Å². The molecule has 0 saturated carbocycles. The lowest BCUT2D eigenvalue weighted by molar-refractivity contribution is 0.262. The zero-order valence-corrected chi connectivity index (χ0v) is 22.0. The molecule has 0 radical (unpaired) electrons. The van der Waals surface area contributed by atoms with Gasteiger partial charge in [0.25, 0.3) is 0 Å². The third kappa shape index (κ3) is 5.68. The van der Waals surface area contributed by atoms with Gasteiger partial charge in [0, 0.05) is 61.6 Å². The number of benzene rings is 2. The molecule has 198 valence electrons. The molecule has 11 heteroatoms. The SMILES string of the molecule is Cn1cc(-c2cc(Oc3ccc(NC(=O)Nc4nc5ccc(N6CCCCC6)cc5s4)cc3F)ccn2)cn1. The summed E-state index contributed by atoms with van der Waals surface area (Å²) in [5.41, 5.74) is 3.78. The fourth-order valence-electron chi connectivity index (χ4n) is 4.55. The number of rotatable bonds is 6. The summed E-state index contributed by atoms with van der Waals surface area (Å²) < 4.78 is 23.2. The van der Waals surface area contributed by atoms with E-state index in [4.69, 9.17) is 4.74 Å². The normalized spacial score (nSPS) is 13.4. The summed E-state index contributed by atoms with van der Waals surface area (Å²) >= 11 is 1.41. The Kier molecular flexibility index (Phi) is 6.80. The number of nitrogens with zero attached hydrogens (tertiary/aromatic N) is 5. The Labute approximate surface area is 228 Å². The molecule has 1 fully saturated rings. The Morgan fingerprint density at radius 2 is 1.92 bits per heavy atom. The lowest BCUT2D eigenvalue weighted by Crippen LogP contribution is -2.29. The summed E-state index contributed by atoms with van der Waals surface area (Å²) in [6, 6.07) is 13.3. The molecule has 2 amide bonds. The van der Waals surface area contributed by atoms with Crippen molar-refractivity contribution in [1.29, 1.82) is 0 Å². The first-order valence-corrected chi connectivity index (χ1v) is 13.5. The molecule has 0 bridgehead atoms. The van der Waals surface area contributed by atoms with Gasteiger partial charge in [-0.1, -0.05) is 11.3 Å². The van der Waals surface area contributed by atoms with Gasteiger partial charge in [0.15, 0.2) is 16.7 Å². The molecule has 2 aromatic carbocycles. The number of aromatic nitrogens is 4. The van der Waals surface area contributed by atoms with E-state index in [0.717, 1.165) is 28.9 Å². The number of halogens is 1. The molecule has 1 aliphatic rings. The van der Waals surface area contributed by atoms with E-state index in [1.807, 2.05) is 19.3 Å². The van der Waals surface area contributed by atoms with Crippen LogP contribution in [0.5, 0.6) is 11.5 Å². The number of carbonyl (C=O) groups excluding carboxylic acids is 1. The highest BCUT2D eigenvalue weighted by molar-refractivity contribution is 7.22. The largest absolute Gasteiger partial charge is 0.454 e. The van der Waals surface area contributed by atoms with Crippen LogP contribution >= 0.6 is 11.3 Å². The lowest BCUT2D eigenvalue weighted by Gasteiger charge is -2.28. The highest BCUT2D eigenvalue weighted by Crippen LogP contribution is 2.32. The van der Waals surface area contributed by atoms with Crippen molar-refractivity contribution in [3.05, 3.63) is 72.9 Å². The molecule has 3 aromatic heterocycles. The molecule has 6 rings (SSSR count). The molecule has 0 spiro atoms. The minimum Gasteiger partial charge on any atom is -0.454 e. The summed E-state index contributed by atoms with van der Waals surface area (Å²) in [6.45, 7) is 2.13. The van der Waals surface area contributed by atoms with Crippen LogP contribution in [-0.4, -0.2) is 38.9 Å². The first-order valence-electron chi connectivity index (χ1n) is 12.7. The van der Waals surface area contributed by atoms with E-state index in [2.05, 4.69) is 42.7 Å². The zero-order valence-electron chi connectivity index (χ0n) is 21.2. The van der Waals surface area contributed by atoms with Crippen molar-refractivity contribution in [3.63, 3.8) is 0 Å². The van der Waals surface area contributed by atoms with Crippen molar-refractivity contribution in [2.75, 3.05) is 28.6 Å². The highest BCUT2D eigenvalue weighted by atomic mass is 32.1. The van der Waals surface area contributed by atoms with Crippen molar-refractivity contribution < 1.29 is 13.9 Å². The molecule has 0 atom stereocenters. The number of amides is 2. The lowest BCUT2D eigenvalue weighted by atomic mass is 10.1. The van der Waals surface area contributed by atoms with E-state index >= 15 is 0 Å². The van der Waals surface area contributed by atoms with Gasteiger partial charge in [-0.05, 0) is 55.7 Å². The number of ether oxygens (including phenoxy) is 1. The first-order chi connectivity index (χ1) is 19.0. The fourth-order valence-corrected chi connectivity index (χ4v) is 5.44. The van der Waals surface area contributed by atoms with Gasteiger partial charge in [-0.15, -0.1) is 0 Å². The van der Waals surface area contributed by atoms with Crippen LogP contribution in [0.1, 0.15) is 19.3 Å². The quantitative estimate of drug-likeness (QED) is 0.249. The summed E-state index contributed by atoms with van der Waals surface area (Å²) in [5.74, 6) is -0.154. The van der Waals surface area contributed by atoms with Crippen LogP contribution in [0.4, 0.5) is 25.7 Å². The van der Waals surface area contributed by atoms with Crippen LogP contribution in [0, 0.1) is 5.82 Å². The highest BCUT2D eigenvalue weighted by Gasteiger charge is 2.15. The van der Waals surface area contributed by atoms with Gasteiger partial charge in [-0.25, -0.2) is 14.2 Å². The second-order valence-corrected chi connectivity index (χ2v) is 10.4. The zero-order chi connectivity index (χ0) is 26.8. The predicted molar refractivity (Wildman–Crippen MR) is 151 cm³/mol. The molecular weight excluding hydrogens is 517 g/mol. The number of pyridine rings is 1. The number of hydrogen-bond acceptors (Lipinski definition) is 7. The Hall–Kier alpha value is -4.51. The van der Waals surface area contributed by atoms with Crippen molar-refractivity contribution in [1.82, 2.24) is 19.7 Å². The monoisotopic (exact) mass is 543 g/mol. The number of thiazole rings is 1. The Bertz CT molecular complexity index is 1640. The van der Waals surface area contributed by atoms with Crippen LogP contribution in [0.15, 0.2) is 67.1 Å². The molecule has 0 unspecified atom stereocenters. The average molecular weight is 544 g/mol. The topological polar surface area (TPSA) is 97.2 Å². The number of piperidine rings is 1. The van der Waals surface area contributed by atoms with Gasteiger partial charge < -0.3 is 15.0 Å². The van der Waals surface area contributed by atoms with Crippen molar-refractivity contribution in [2.24, 2.45) is 7.05 Å². The van der Waals surface area contributed by atoms with Gasteiger partial charge in [-0.3, -0.25) is 15.0 Å². The van der Waals surface area contributed by atoms with Gasteiger partial charge >= 0.3 is 6.03 Å². The van der Waals surface area contributed by atoms with Crippen LogP contribution < -0.4 is 20.3 Å². The fraction of sp³-hybridized carbons (Fsp3) is 0.214. The van der Waals surface area contributed by atoms with E-state index in [9.17, 15) is 9.18 Å². The van der Waals surface area contributed by atoms with Crippen LogP contribution in [0.3, 0.4) is 0 Å². The number of fused-ring (bicyclic) bond motifs is 1. The van der Waals surface area contributed by atoms with Crippen LogP contribution in [-0.2, 0) is 7.05 Å². The summed E-state index contributed by atoms with van der Waals surface area (Å²) in [7, 11) is 1.82. The average Bonchev–Trinajstić information content (AvgIpc) is 3.56. The first kappa shape index (κ1) is 24.8. The van der Waals surface area contributed by atoms with Gasteiger partial charge in [0.05, 0.1) is 22.1 Å². The molecular formula is C28H26FN7O2S. The van der Waals surface area contributed by atoms with Crippen molar-refractivity contribution >= 4 is 44.1 Å². The third-order valence-electron chi connectivity index (χ3n) is 6.46. The Morgan fingerprint density at radius 1 is 1.05 bits per heavy atom. The molecule has 1 saturated heterocycles. The molecule has 9 nitrogen and oxygen atoms in total. The number of anilines is 3. The number of urea groups is 1. The van der Waals surface area contributed by atoms with Gasteiger partial charge in [0.2, 0.25) is 0 Å². The second-order valence-electron chi connectivity index (χ2n) is 9.32. The Balaban J connectivity index is 1.10. The van der Waals surface area contributed by atoms with E-state index in [-0.39, 0.29) is 11.4 Å². The number of nitrogens with one attached hydrogen (secondary N) is 2. The maximum Gasteiger partial charge on any atom is 0.325 e. The number of hydrogen-bond donors (Lipinski definition) is 2. The van der Waals surface area contributed by atoms with Crippen LogP contribution in [0.2, 0.25) is 0 Å². The molecule has 0 aliphatic carbocycles. The standard InChI is InChI=1S/C28H26FN7O2S/c1-35-17-18(16-31-35)24-15-21(9-10-30-24)38-25-8-5-19(13-22(25)29)32-27(37)34-28-33-23-7-6-20(14-26(23)39-28)36-11-3-2-4-12-36/h5-10,13-17H,2-4,11-12H2,1H3,(H2,32,33,34,37). The minimum absolute atomic E-state index is 0.0278. The maximum absolute atomic E-state index is 14.8. The van der Waals surface area contributed by atoms with E-state index in [0.29, 0.717) is 16.6 Å². The van der Waals surface area contributed by atoms with Crippen molar-refractivity contribution in [2.45, 2.75) is 19.3 Å². The molecule has 5 aromatic rings. The smallest absolute Gasteiger partial charge is 0.325 e. The van der Waals surface area contributed by atoms with Gasteiger partial charge in [0.1, 0.15) is 5.75 Å². The maximum atomic E-state index is 14.8. The summed E-state index contributed by atoms with van der Waals surface area (Å²) in [5, 5.41) is 10.0. The minimum atomic E-state index is -0.613.